The first-order valence-corrected chi connectivity index (χ1v) is 8.27. The van der Waals surface area contributed by atoms with E-state index in [9.17, 15) is 20.2 Å². The molecule has 1 aliphatic heterocycles. The number of non-ortho nitro benzene ring substituents is 1. The Morgan fingerprint density at radius 3 is 2.69 bits per heavy atom. The van der Waals surface area contributed by atoms with Crippen LogP contribution in [0.1, 0.15) is 23.1 Å². The Kier molecular flexibility index (Phi) is 4.85. The monoisotopic (exact) mass is 350 g/mol. The van der Waals surface area contributed by atoms with Gasteiger partial charge in [0.15, 0.2) is 0 Å². The molecule has 3 rings (SSSR count). The Morgan fingerprint density at radius 2 is 2.04 bits per heavy atom. The maximum atomic E-state index is 12.6. The van der Waals surface area contributed by atoms with Crippen LogP contribution in [-0.4, -0.2) is 28.3 Å². The van der Waals surface area contributed by atoms with Gasteiger partial charge in [-0.25, -0.2) is 0 Å². The molecule has 26 heavy (non-hydrogen) atoms. The van der Waals surface area contributed by atoms with Crippen molar-refractivity contribution in [3.8, 4) is 6.07 Å². The molecule has 0 spiro atoms. The topological polar surface area (TPSA) is 99.3 Å². The molecule has 0 saturated carbocycles. The smallest absolute Gasteiger partial charge is 0.270 e. The number of aryl methyl sites for hydroxylation is 1. The summed E-state index contributed by atoms with van der Waals surface area (Å²) >= 11 is 0. The minimum atomic E-state index is -0.547. The first-order valence-electron chi connectivity index (χ1n) is 8.27. The Hall–Kier alpha value is -3.40. The SMILES string of the molecule is Cc1ccc(CN2CCC(Nc3ccc([N+](=O)[O-])cc3C#N)C2=O)cc1. The van der Waals surface area contributed by atoms with Crippen molar-refractivity contribution >= 4 is 17.3 Å². The number of benzene rings is 2. The van der Waals surface area contributed by atoms with Crippen LogP contribution in [0.15, 0.2) is 42.5 Å². The number of amides is 1. The van der Waals surface area contributed by atoms with Gasteiger partial charge in [0, 0.05) is 25.2 Å². The summed E-state index contributed by atoms with van der Waals surface area (Å²) in [5.41, 5.74) is 2.68. The number of hydrogen-bond acceptors (Lipinski definition) is 5. The van der Waals surface area contributed by atoms with Crippen molar-refractivity contribution in [2.75, 3.05) is 11.9 Å². The second-order valence-corrected chi connectivity index (χ2v) is 6.33. The Morgan fingerprint density at radius 1 is 1.31 bits per heavy atom. The van der Waals surface area contributed by atoms with Crippen molar-refractivity contribution < 1.29 is 9.72 Å². The van der Waals surface area contributed by atoms with E-state index >= 15 is 0 Å². The molecule has 0 aromatic heterocycles. The molecule has 1 amide bonds. The fourth-order valence-electron chi connectivity index (χ4n) is 3.00. The molecule has 0 aliphatic carbocycles. The average Bonchev–Trinajstić information content (AvgIpc) is 2.97. The molecule has 7 nitrogen and oxygen atoms in total. The van der Waals surface area contributed by atoms with Crippen LogP contribution in [0.2, 0.25) is 0 Å². The fourth-order valence-corrected chi connectivity index (χ4v) is 3.00. The van der Waals surface area contributed by atoms with Crippen LogP contribution in [-0.2, 0) is 11.3 Å². The van der Waals surface area contributed by atoms with Crippen LogP contribution in [0, 0.1) is 28.4 Å². The normalized spacial score (nSPS) is 16.4. The second kappa shape index (κ2) is 7.23. The Balaban J connectivity index is 1.70. The van der Waals surface area contributed by atoms with Crippen molar-refractivity contribution in [1.82, 2.24) is 4.90 Å². The highest BCUT2D eigenvalue weighted by atomic mass is 16.6. The first-order chi connectivity index (χ1) is 12.5. The number of carbonyl (C=O) groups is 1. The molecule has 7 heteroatoms. The molecule has 2 aromatic carbocycles. The third-order valence-corrected chi connectivity index (χ3v) is 4.46. The van der Waals surface area contributed by atoms with Crippen molar-refractivity contribution in [3.63, 3.8) is 0 Å². The number of nitrogens with one attached hydrogen (secondary N) is 1. The van der Waals surface area contributed by atoms with Crippen molar-refractivity contribution in [2.45, 2.75) is 25.9 Å². The summed E-state index contributed by atoms with van der Waals surface area (Å²) in [6.07, 6.45) is 0.618. The molecule has 2 aromatic rings. The molecule has 0 bridgehead atoms. The molecule has 1 aliphatic rings. The van der Waals surface area contributed by atoms with Crippen molar-refractivity contribution in [3.05, 3.63) is 69.3 Å². The number of nitriles is 1. The van der Waals surface area contributed by atoms with E-state index in [0.29, 0.717) is 25.2 Å². The quantitative estimate of drug-likeness (QED) is 0.660. The fraction of sp³-hybridized carbons (Fsp3) is 0.263. The molecular weight excluding hydrogens is 332 g/mol. The molecule has 1 N–H and O–H groups in total. The zero-order chi connectivity index (χ0) is 18.7. The molecule has 1 atom stereocenters. The summed E-state index contributed by atoms with van der Waals surface area (Å²) in [5.74, 6) is -0.0344. The number of rotatable bonds is 5. The minimum Gasteiger partial charge on any atom is -0.373 e. The van der Waals surface area contributed by atoms with Crippen LogP contribution in [0.25, 0.3) is 0 Å². The Labute approximate surface area is 151 Å². The van der Waals surface area contributed by atoms with Crippen molar-refractivity contribution in [1.29, 1.82) is 5.26 Å². The van der Waals surface area contributed by atoms with Gasteiger partial charge in [-0.3, -0.25) is 14.9 Å². The zero-order valence-corrected chi connectivity index (χ0v) is 14.3. The molecule has 132 valence electrons. The molecule has 1 heterocycles. The van der Waals surface area contributed by atoms with E-state index in [2.05, 4.69) is 5.32 Å². The largest absolute Gasteiger partial charge is 0.373 e. The predicted octanol–water partition coefficient (Wildman–Crippen LogP) is 2.99. The van der Waals surface area contributed by atoms with Gasteiger partial charge in [-0.2, -0.15) is 5.26 Å². The number of anilines is 1. The lowest BCUT2D eigenvalue weighted by Crippen LogP contribution is -2.33. The summed E-state index contributed by atoms with van der Waals surface area (Å²) in [4.78, 5) is 24.7. The summed E-state index contributed by atoms with van der Waals surface area (Å²) in [5, 5.41) is 23.1. The van der Waals surface area contributed by atoms with Crippen LogP contribution in [0.5, 0.6) is 0 Å². The van der Waals surface area contributed by atoms with Crippen molar-refractivity contribution in [2.24, 2.45) is 0 Å². The lowest BCUT2D eigenvalue weighted by atomic mass is 10.1. The third-order valence-electron chi connectivity index (χ3n) is 4.46. The summed E-state index contributed by atoms with van der Waals surface area (Å²) in [7, 11) is 0. The van der Waals surface area contributed by atoms with Gasteiger partial charge in [-0.15, -0.1) is 0 Å². The summed E-state index contributed by atoms with van der Waals surface area (Å²) in [6.45, 7) is 3.18. The number of hydrogen-bond donors (Lipinski definition) is 1. The van der Waals surface area contributed by atoms with Gasteiger partial charge in [0.05, 0.1) is 16.2 Å². The second-order valence-electron chi connectivity index (χ2n) is 6.33. The number of nitro groups is 1. The summed E-state index contributed by atoms with van der Waals surface area (Å²) < 4.78 is 0. The molecule has 1 fully saturated rings. The highest BCUT2D eigenvalue weighted by molar-refractivity contribution is 5.87. The van der Waals surface area contributed by atoms with Gasteiger partial charge < -0.3 is 10.2 Å². The maximum absolute atomic E-state index is 12.6. The zero-order valence-electron chi connectivity index (χ0n) is 14.3. The van der Waals surface area contributed by atoms with E-state index < -0.39 is 11.0 Å². The van der Waals surface area contributed by atoms with Gasteiger partial charge in [0.25, 0.3) is 5.69 Å². The average molecular weight is 350 g/mol. The minimum absolute atomic E-state index is 0.0344. The van der Waals surface area contributed by atoms with E-state index in [4.69, 9.17) is 0 Å². The van der Waals surface area contributed by atoms with E-state index in [0.717, 1.165) is 5.56 Å². The van der Waals surface area contributed by atoms with Crippen LogP contribution >= 0.6 is 0 Å². The molecule has 0 radical (unpaired) electrons. The first kappa shape index (κ1) is 17.4. The van der Waals surface area contributed by atoms with E-state index in [1.165, 1.54) is 23.8 Å². The highest BCUT2D eigenvalue weighted by Gasteiger charge is 2.32. The van der Waals surface area contributed by atoms with Gasteiger partial charge in [-0.1, -0.05) is 29.8 Å². The number of nitrogens with zero attached hydrogens (tertiary/aromatic N) is 3. The third kappa shape index (κ3) is 3.64. The lowest BCUT2D eigenvalue weighted by Gasteiger charge is -2.18. The van der Waals surface area contributed by atoms with E-state index in [-0.39, 0.29) is 17.2 Å². The van der Waals surface area contributed by atoms with Gasteiger partial charge in [0.2, 0.25) is 5.91 Å². The highest BCUT2D eigenvalue weighted by Crippen LogP contribution is 2.25. The molecular formula is C19H18N4O3. The van der Waals surface area contributed by atoms with Crippen LogP contribution in [0.3, 0.4) is 0 Å². The van der Waals surface area contributed by atoms with Gasteiger partial charge >= 0.3 is 0 Å². The lowest BCUT2D eigenvalue weighted by molar-refractivity contribution is -0.384. The number of carbonyl (C=O) groups excluding carboxylic acids is 1. The number of likely N-dealkylation sites (tertiary alicyclic amines) is 1. The summed E-state index contributed by atoms with van der Waals surface area (Å²) in [6, 6.07) is 13.6. The van der Waals surface area contributed by atoms with Gasteiger partial charge in [-0.05, 0) is 25.0 Å². The maximum Gasteiger partial charge on any atom is 0.270 e. The van der Waals surface area contributed by atoms with E-state index in [1.54, 1.807) is 4.90 Å². The van der Waals surface area contributed by atoms with E-state index in [1.807, 2.05) is 37.3 Å². The van der Waals surface area contributed by atoms with Crippen LogP contribution < -0.4 is 5.32 Å². The number of nitro benzene ring substituents is 1. The molecule has 1 unspecified atom stereocenters. The van der Waals surface area contributed by atoms with Gasteiger partial charge in [0.1, 0.15) is 12.1 Å². The standard InChI is InChI=1S/C19H18N4O3/c1-13-2-4-14(5-3-13)12-22-9-8-18(19(22)24)21-17-7-6-16(23(25)26)10-15(17)11-20/h2-7,10,18,21H,8-9,12H2,1H3. The molecule has 1 saturated heterocycles. The van der Waals surface area contributed by atoms with Crippen LogP contribution in [0.4, 0.5) is 11.4 Å². The predicted molar refractivity (Wildman–Crippen MR) is 96.4 cm³/mol. The Bertz CT molecular complexity index is 887.